The largest absolute Gasteiger partial charge is 0.490 e. The number of nitrogens with two attached hydrogens (primary N) is 1. The van der Waals surface area contributed by atoms with Crippen LogP contribution in [0.2, 0.25) is 0 Å². The van der Waals surface area contributed by atoms with Gasteiger partial charge < -0.3 is 10.5 Å². The van der Waals surface area contributed by atoms with Crippen molar-refractivity contribution in [3.63, 3.8) is 0 Å². The molecule has 0 aliphatic heterocycles. The van der Waals surface area contributed by atoms with Crippen LogP contribution in [0.15, 0.2) is 18.2 Å². The van der Waals surface area contributed by atoms with E-state index in [1.165, 1.54) is 31.7 Å². The summed E-state index contributed by atoms with van der Waals surface area (Å²) in [6, 6.07) is 4.96. The van der Waals surface area contributed by atoms with Gasteiger partial charge in [-0.25, -0.2) is 4.39 Å². The Morgan fingerprint density at radius 1 is 1.39 bits per heavy atom. The Balaban J connectivity index is 1.89. The van der Waals surface area contributed by atoms with E-state index in [1.54, 1.807) is 6.07 Å². The lowest BCUT2D eigenvalue weighted by Gasteiger charge is -2.26. The Morgan fingerprint density at radius 2 is 2.22 bits per heavy atom. The van der Waals surface area contributed by atoms with Gasteiger partial charge in [0.1, 0.15) is 0 Å². The Kier molecular flexibility index (Phi) is 4.59. The zero-order valence-electron chi connectivity index (χ0n) is 11.0. The average molecular weight is 251 g/mol. The molecule has 2 N–H and O–H groups in total. The summed E-state index contributed by atoms with van der Waals surface area (Å²) in [4.78, 5) is 0. The fraction of sp³-hybridized carbons (Fsp3) is 0.600. The van der Waals surface area contributed by atoms with Gasteiger partial charge in [0.2, 0.25) is 0 Å². The molecule has 0 heterocycles. The molecule has 1 fully saturated rings. The highest BCUT2D eigenvalue weighted by Gasteiger charge is 2.19. The molecular formula is C15H22FNO. The van der Waals surface area contributed by atoms with Crippen LogP contribution < -0.4 is 10.5 Å². The maximum Gasteiger partial charge on any atom is 0.165 e. The summed E-state index contributed by atoms with van der Waals surface area (Å²) in [5.74, 6) is 1.39. The highest BCUT2D eigenvalue weighted by Crippen LogP contribution is 2.29. The third-order valence-corrected chi connectivity index (χ3v) is 3.75. The van der Waals surface area contributed by atoms with Crippen molar-refractivity contribution in [2.24, 2.45) is 17.6 Å². The van der Waals surface area contributed by atoms with Crippen LogP contribution in [0.25, 0.3) is 0 Å². The van der Waals surface area contributed by atoms with Crippen LogP contribution in [0.1, 0.15) is 38.2 Å². The Bertz CT molecular complexity index is 394. The van der Waals surface area contributed by atoms with Crippen molar-refractivity contribution in [3.8, 4) is 5.75 Å². The number of rotatable bonds is 4. The fourth-order valence-corrected chi connectivity index (χ4v) is 2.71. The normalized spacial score (nSPS) is 23.9. The van der Waals surface area contributed by atoms with E-state index in [2.05, 4.69) is 6.92 Å². The Hall–Kier alpha value is -1.09. The number of ether oxygens (including phenoxy) is 1. The summed E-state index contributed by atoms with van der Waals surface area (Å²) in [5, 5.41) is 0. The van der Waals surface area contributed by atoms with Crippen molar-refractivity contribution in [2.45, 2.75) is 39.2 Å². The van der Waals surface area contributed by atoms with E-state index in [1.807, 2.05) is 6.07 Å². The van der Waals surface area contributed by atoms with Crippen molar-refractivity contribution in [1.82, 2.24) is 0 Å². The van der Waals surface area contributed by atoms with Crippen LogP contribution in [0.5, 0.6) is 5.75 Å². The minimum absolute atomic E-state index is 0.304. The summed E-state index contributed by atoms with van der Waals surface area (Å²) in [5.41, 5.74) is 6.26. The topological polar surface area (TPSA) is 35.2 Å². The molecule has 0 bridgehead atoms. The summed E-state index contributed by atoms with van der Waals surface area (Å²) >= 11 is 0. The number of halogens is 1. The molecular weight excluding hydrogens is 229 g/mol. The molecule has 0 amide bonds. The van der Waals surface area contributed by atoms with Crippen LogP contribution >= 0.6 is 0 Å². The van der Waals surface area contributed by atoms with Gasteiger partial charge in [0.05, 0.1) is 6.61 Å². The summed E-state index contributed by atoms with van der Waals surface area (Å²) in [7, 11) is 0. The van der Waals surface area contributed by atoms with Crippen molar-refractivity contribution in [3.05, 3.63) is 29.6 Å². The number of hydrogen-bond acceptors (Lipinski definition) is 2. The molecule has 0 aromatic heterocycles. The van der Waals surface area contributed by atoms with Gasteiger partial charge in [0, 0.05) is 6.54 Å². The molecule has 1 saturated carbocycles. The van der Waals surface area contributed by atoms with E-state index in [9.17, 15) is 4.39 Å². The molecule has 1 aliphatic rings. The molecule has 0 radical (unpaired) electrons. The highest BCUT2D eigenvalue weighted by molar-refractivity contribution is 5.29. The van der Waals surface area contributed by atoms with Crippen molar-refractivity contribution >= 4 is 0 Å². The molecule has 1 aromatic carbocycles. The highest BCUT2D eigenvalue weighted by atomic mass is 19.1. The Labute approximate surface area is 108 Å². The lowest BCUT2D eigenvalue weighted by molar-refractivity contribution is 0.177. The first kappa shape index (κ1) is 13.3. The maximum atomic E-state index is 13.7. The molecule has 1 aliphatic carbocycles. The van der Waals surface area contributed by atoms with Gasteiger partial charge in [-0.15, -0.1) is 0 Å². The van der Waals surface area contributed by atoms with Crippen molar-refractivity contribution in [2.75, 3.05) is 6.61 Å². The van der Waals surface area contributed by atoms with E-state index < -0.39 is 0 Å². The van der Waals surface area contributed by atoms with Crippen LogP contribution in [0.4, 0.5) is 4.39 Å². The molecule has 2 rings (SSSR count). The predicted octanol–water partition coefficient (Wildman–Crippen LogP) is 3.49. The van der Waals surface area contributed by atoms with E-state index in [0.29, 0.717) is 24.8 Å². The summed E-state index contributed by atoms with van der Waals surface area (Å²) in [6.07, 6.45) is 4.98. The molecule has 18 heavy (non-hydrogen) atoms. The predicted molar refractivity (Wildman–Crippen MR) is 70.9 cm³/mol. The summed E-state index contributed by atoms with van der Waals surface area (Å²) < 4.78 is 19.3. The molecule has 0 spiro atoms. The zero-order chi connectivity index (χ0) is 13.0. The molecule has 0 saturated heterocycles. The van der Waals surface area contributed by atoms with Crippen LogP contribution in [-0.2, 0) is 6.54 Å². The quantitative estimate of drug-likeness (QED) is 0.889. The van der Waals surface area contributed by atoms with Gasteiger partial charge in [0.25, 0.3) is 0 Å². The molecule has 2 nitrogen and oxygen atoms in total. The monoisotopic (exact) mass is 251 g/mol. The summed E-state index contributed by atoms with van der Waals surface area (Å²) in [6.45, 7) is 3.27. The minimum Gasteiger partial charge on any atom is -0.490 e. The molecule has 1 aromatic rings. The average Bonchev–Trinajstić information content (AvgIpc) is 2.37. The molecule has 3 heteroatoms. The first-order valence-corrected chi connectivity index (χ1v) is 6.80. The van der Waals surface area contributed by atoms with Gasteiger partial charge in [-0.2, -0.15) is 0 Å². The van der Waals surface area contributed by atoms with Gasteiger partial charge in [-0.05, 0) is 42.4 Å². The van der Waals surface area contributed by atoms with E-state index in [4.69, 9.17) is 10.5 Å². The molecule has 2 atom stereocenters. The van der Waals surface area contributed by atoms with Gasteiger partial charge in [-0.1, -0.05) is 25.8 Å². The van der Waals surface area contributed by atoms with Crippen molar-refractivity contribution < 1.29 is 9.13 Å². The minimum atomic E-state index is -0.304. The maximum absolute atomic E-state index is 13.7. The first-order chi connectivity index (χ1) is 8.69. The van der Waals surface area contributed by atoms with E-state index in [-0.39, 0.29) is 5.82 Å². The lowest BCUT2D eigenvalue weighted by Crippen LogP contribution is -2.20. The lowest BCUT2D eigenvalue weighted by atomic mass is 9.83. The zero-order valence-corrected chi connectivity index (χ0v) is 11.0. The van der Waals surface area contributed by atoms with E-state index >= 15 is 0 Å². The SMILES string of the molecule is CC1CCCC(COc2ccc(CN)cc2F)C1. The van der Waals surface area contributed by atoms with Crippen LogP contribution in [0.3, 0.4) is 0 Å². The second-order valence-corrected chi connectivity index (χ2v) is 5.42. The van der Waals surface area contributed by atoms with E-state index in [0.717, 1.165) is 11.5 Å². The third-order valence-electron chi connectivity index (χ3n) is 3.75. The van der Waals surface area contributed by atoms with Crippen molar-refractivity contribution in [1.29, 1.82) is 0 Å². The van der Waals surface area contributed by atoms with Gasteiger partial charge >= 0.3 is 0 Å². The van der Waals surface area contributed by atoms with Gasteiger partial charge in [-0.3, -0.25) is 0 Å². The molecule has 100 valence electrons. The fourth-order valence-electron chi connectivity index (χ4n) is 2.71. The first-order valence-electron chi connectivity index (χ1n) is 6.80. The smallest absolute Gasteiger partial charge is 0.165 e. The van der Waals surface area contributed by atoms with Crippen LogP contribution in [0, 0.1) is 17.7 Å². The Morgan fingerprint density at radius 3 is 2.89 bits per heavy atom. The van der Waals surface area contributed by atoms with Gasteiger partial charge in [0.15, 0.2) is 11.6 Å². The number of benzene rings is 1. The standard InChI is InChI=1S/C15H22FNO/c1-11-3-2-4-13(7-11)10-18-15-6-5-12(9-17)8-14(15)16/h5-6,8,11,13H,2-4,7,9-10,17H2,1H3. The number of hydrogen-bond donors (Lipinski definition) is 1. The van der Waals surface area contributed by atoms with Crippen LogP contribution in [-0.4, -0.2) is 6.61 Å². The second-order valence-electron chi connectivity index (χ2n) is 5.42. The second kappa shape index (κ2) is 6.19. The third kappa shape index (κ3) is 3.45. The molecule has 2 unspecified atom stereocenters.